The molecule has 2 nitrogen and oxygen atoms in total. The van der Waals surface area contributed by atoms with Gasteiger partial charge in [0.2, 0.25) is 0 Å². The fourth-order valence-corrected chi connectivity index (χ4v) is 3.86. The molecule has 1 aromatic heterocycles. The van der Waals surface area contributed by atoms with Gasteiger partial charge in [-0.2, -0.15) is 0 Å². The van der Waals surface area contributed by atoms with Crippen LogP contribution in [0.4, 0.5) is 0 Å². The first kappa shape index (κ1) is 12.2. The van der Waals surface area contributed by atoms with Gasteiger partial charge in [-0.15, -0.1) is 11.3 Å². The first-order valence-electron chi connectivity index (χ1n) is 6.56. The molecule has 1 aliphatic heterocycles. The second-order valence-electron chi connectivity index (χ2n) is 5.20. The van der Waals surface area contributed by atoms with Crippen molar-refractivity contribution in [2.24, 2.45) is 0 Å². The maximum absolute atomic E-state index is 5.77. The third-order valence-corrected chi connectivity index (χ3v) is 4.45. The summed E-state index contributed by atoms with van der Waals surface area (Å²) in [6.07, 6.45) is 0.700. The zero-order valence-corrected chi connectivity index (χ0v) is 11.7. The molecule has 96 valence electrons. The number of ether oxygens (including phenoxy) is 1. The topological polar surface area (TPSA) is 12.5 Å². The lowest BCUT2D eigenvalue weighted by Crippen LogP contribution is -2.44. The van der Waals surface area contributed by atoms with E-state index in [-0.39, 0.29) is 0 Å². The molecule has 3 heteroatoms. The minimum Gasteiger partial charge on any atom is -0.373 e. The third kappa shape index (κ3) is 2.58. The molecule has 1 aliphatic rings. The van der Waals surface area contributed by atoms with Crippen LogP contribution in [0.1, 0.15) is 18.7 Å². The SMILES string of the molecule is C[C@@H]1CN(Cc2cc3ccccc3s2)C[C@H](C)O1. The monoisotopic (exact) mass is 261 g/mol. The Morgan fingerprint density at radius 2 is 1.94 bits per heavy atom. The molecule has 18 heavy (non-hydrogen) atoms. The van der Waals surface area contributed by atoms with E-state index in [1.54, 1.807) is 0 Å². The Hall–Kier alpha value is -0.900. The zero-order chi connectivity index (χ0) is 12.5. The average Bonchev–Trinajstić information content (AvgIpc) is 2.69. The average molecular weight is 261 g/mol. The van der Waals surface area contributed by atoms with E-state index in [2.05, 4.69) is 49.1 Å². The van der Waals surface area contributed by atoms with Crippen LogP contribution in [0.5, 0.6) is 0 Å². The van der Waals surface area contributed by atoms with Gasteiger partial charge in [-0.1, -0.05) is 18.2 Å². The van der Waals surface area contributed by atoms with E-state index in [9.17, 15) is 0 Å². The molecule has 3 rings (SSSR count). The van der Waals surface area contributed by atoms with Gasteiger partial charge in [-0.05, 0) is 31.4 Å². The van der Waals surface area contributed by atoms with E-state index in [1.807, 2.05) is 11.3 Å². The van der Waals surface area contributed by atoms with Crippen molar-refractivity contribution in [3.05, 3.63) is 35.2 Å². The molecular weight excluding hydrogens is 242 g/mol. The van der Waals surface area contributed by atoms with Crippen LogP contribution in [0.15, 0.2) is 30.3 Å². The van der Waals surface area contributed by atoms with Crippen molar-refractivity contribution in [3.63, 3.8) is 0 Å². The van der Waals surface area contributed by atoms with Gasteiger partial charge < -0.3 is 4.74 Å². The molecule has 1 aromatic carbocycles. The van der Waals surface area contributed by atoms with Gasteiger partial charge in [-0.3, -0.25) is 4.90 Å². The lowest BCUT2D eigenvalue weighted by molar-refractivity contribution is -0.0702. The molecule has 2 aromatic rings. The third-order valence-electron chi connectivity index (χ3n) is 3.35. The predicted octanol–water partition coefficient (Wildman–Crippen LogP) is 3.51. The van der Waals surface area contributed by atoms with Crippen LogP contribution in [0.2, 0.25) is 0 Å². The highest BCUT2D eigenvalue weighted by molar-refractivity contribution is 7.19. The number of morpholine rings is 1. The van der Waals surface area contributed by atoms with Gasteiger partial charge >= 0.3 is 0 Å². The highest BCUT2D eigenvalue weighted by Gasteiger charge is 2.22. The molecule has 0 bridgehead atoms. The first-order valence-corrected chi connectivity index (χ1v) is 7.37. The molecule has 0 spiro atoms. The second kappa shape index (κ2) is 5.00. The minimum atomic E-state index is 0.350. The molecular formula is C15H19NOS. The summed E-state index contributed by atoms with van der Waals surface area (Å²) < 4.78 is 7.17. The van der Waals surface area contributed by atoms with Gasteiger partial charge in [0, 0.05) is 29.2 Å². The van der Waals surface area contributed by atoms with Crippen molar-refractivity contribution in [1.82, 2.24) is 4.90 Å². The van der Waals surface area contributed by atoms with Gasteiger partial charge in [0.1, 0.15) is 0 Å². The van der Waals surface area contributed by atoms with Gasteiger partial charge in [0.25, 0.3) is 0 Å². The van der Waals surface area contributed by atoms with Crippen LogP contribution in [0.3, 0.4) is 0 Å². The van der Waals surface area contributed by atoms with Gasteiger partial charge in [0.05, 0.1) is 12.2 Å². The van der Waals surface area contributed by atoms with Crippen LogP contribution in [0, 0.1) is 0 Å². The molecule has 0 radical (unpaired) electrons. The van der Waals surface area contributed by atoms with Crippen molar-refractivity contribution >= 4 is 21.4 Å². The van der Waals surface area contributed by atoms with E-state index < -0.39 is 0 Å². The number of nitrogens with zero attached hydrogens (tertiary/aromatic N) is 1. The fourth-order valence-electron chi connectivity index (χ4n) is 2.75. The Labute approximate surface area is 112 Å². The molecule has 0 saturated carbocycles. The highest BCUT2D eigenvalue weighted by atomic mass is 32.1. The van der Waals surface area contributed by atoms with E-state index in [0.29, 0.717) is 12.2 Å². The van der Waals surface area contributed by atoms with Crippen molar-refractivity contribution in [3.8, 4) is 0 Å². The Bertz CT molecular complexity index is 493. The van der Waals surface area contributed by atoms with Crippen molar-refractivity contribution < 1.29 is 4.74 Å². The quantitative estimate of drug-likeness (QED) is 0.820. The Balaban J connectivity index is 1.75. The largest absolute Gasteiger partial charge is 0.373 e. The Morgan fingerprint density at radius 3 is 2.67 bits per heavy atom. The number of hydrogen-bond donors (Lipinski definition) is 0. The first-order chi connectivity index (χ1) is 8.70. The molecule has 0 unspecified atom stereocenters. The van der Waals surface area contributed by atoms with E-state index in [1.165, 1.54) is 15.0 Å². The van der Waals surface area contributed by atoms with Crippen molar-refractivity contribution in [2.45, 2.75) is 32.6 Å². The smallest absolute Gasteiger partial charge is 0.0678 e. The van der Waals surface area contributed by atoms with Crippen LogP contribution >= 0.6 is 11.3 Å². The highest BCUT2D eigenvalue weighted by Crippen LogP contribution is 2.27. The van der Waals surface area contributed by atoms with Crippen LogP contribution in [0.25, 0.3) is 10.1 Å². The molecule has 2 atom stereocenters. The number of thiophene rings is 1. The van der Waals surface area contributed by atoms with Crippen LogP contribution in [-0.2, 0) is 11.3 Å². The molecule has 2 heterocycles. The molecule has 1 fully saturated rings. The maximum Gasteiger partial charge on any atom is 0.0678 e. The minimum absolute atomic E-state index is 0.350. The molecule has 0 amide bonds. The normalized spacial score (nSPS) is 25.7. The van der Waals surface area contributed by atoms with Crippen molar-refractivity contribution in [2.75, 3.05) is 13.1 Å². The van der Waals surface area contributed by atoms with E-state index >= 15 is 0 Å². The van der Waals surface area contributed by atoms with Gasteiger partial charge in [-0.25, -0.2) is 0 Å². The lowest BCUT2D eigenvalue weighted by atomic mass is 10.2. The molecule has 1 saturated heterocycles. The van der Waals surface area contributed by atoms with Crippen LogP contribution in [-0.4, -0.2) is 30.2 Å². The zero-order valence-electron chi connectivity index (χ0n) is 10.9. The molecule has 0 N–H and O–H groups in total. The van der Waals surface area contributed by atoms with Crippen molar-refractivity contribution in [1.29, 1.82) is 0 Å². The summed E-state index contributed by atoms with van der Waals surface area (Å²) in [6.45, 7) is 7.45. The summed E-state index contributed by atoms with van der Waals surface area (Å²) in [4.78, 5) is 3.96. The Morgan fingerprint density at radius 1 is 1.22 bits per heavy atom. The van der Waals surface area contributed by atoms with E-state index in [4.69, 9.17) is 4.74 Å². The number of benzene rings is 1. The van der Waals surface area contributed by atoms with E-state index in [0.717, 1.165) is 19.6 Å². The summed E-state index contributed by atoms with van der Waals surface area (Å²) in [6, 6.07) is 10.9. The maximum atomic E-state index is 5.77. The number of rotatable bonds is 2. The number of fused-ring (bicyclic) bond motifs is 1. The summed E-state index contributed by atoms with van der Waals surface area (Å²) >= 11 is 1.91. The second-order valence-corrected chi connectivity index (χ2v) is 6.37. The Kier molecular flexibility index (Phi) is 3.37. The summed E-state index contributed by atoms with van der Waals surface area (Å²) in [7, 11) is 0. The standard InChI is InChI=1S/C15H19NOS/c1-11-8-16(9-12(2)17-11)10-14-7-13-5-3-4-6-15(13)18-14/h3-7,11-12H,8-10H2,1-2H3/t11-,12+. The summed E-state index contributed by atoms with van der Waals surface area (Å²) in [5.74, 6) is 0. The number of hydrogen-bond acceptors (Lipinski definition) is 3. The lowest BCUT2D eigenvalue weighted by Gasteiger charge is -2.34. The van der Waals surface area contributed by atoms with Gasteiger partial charge in [0.15, 0.2) is 0 Å². The summed E-state index contributed by atoms with van der Waals surface area (Å²) in [5, 5.41) is 1.37. The molecule has 0 aliphatic carbocycles. The fraction of sp³-hybridized carbons (Fsp3) is 0.467. The van der Waals surface area contributed by atoms with Crippen LogP contribution < -0.4 is 0 Å². The predicted molar refractivity (Wildman–Crippen MR) is 77.1 cm³/mol. The summed E-state index contributed by atoms with van der Waals surface area (Å²) in [5.41, 5.74) is 0.